The molecule has 1 atom stereocenters. The van der Waals surface area contributed by atoms with Gasteiger partial charge in [0, 0.05) is 19.1 Å². The standard InChI is InChI=1S/C14H25N3O3S.ClH/c18-14(13-3-1-2-8-15-13)16-11-6-9-17(10-7-11)21(19,20)12-4-5-12;/h11-13,15H,1-10H2,(H,16,18);1H. The molecule has 3 rings (SSSR count). The average Bonchev–Trinajstić information content (AvgIpc) is 3.34. The van der Waals surface area contributed by atoms with Crippen molar-refractivity contribution in [1.82, 2.24) is 14.9 Å². The molecule has 2 heterocycles. The fraction of sp³-hybridized carbons (Fsp3) is 0.929. The van der Waals surface area contributed by atoms with E-state index >= 15 is 0 Å². The average molecular weight is 352 g/mol. The van der Waals surface area contributed by atoms with Crippen LogP contribution in [0.3, 0.4) is 0 Å². The zero-order chi connectivity index (χ0) is 14.9. The van der Waals surface area contributed by atoms with E-state index in [2.05, 4.69) is 10.6 Å². The van der Waals surface area contributed by atoms with Gasteiger partial charge in [-0.3, -0.25) is 4.79 Å². The van der Waals surface area contributed by atoms with Gasteiger partial charge in [-0.25, -0.2) is 12.7 Å². The van der Waals surface area contributed by atoms with Crippen LogP contribution < -0.4 is 10.6 Å². The van der Waals surface area contributed by atoms with E-state index in [4.69, 9.17) is 0 Å². The second kappa shape index (κ2) is 7.47. The summed E-state index contributed by atoms with van der Waals surface area (Å²) in [6.45, 7) is 2.00. The molecule has 0 radical (unpaired) electrons. The smallest absolute Gasteiger partial charge is 0.237 e. The van der Waals surface area contributed by atoms with Gasteiger partial charge in [0.05, 0.1) is 11.3 Å². The second-order valence-electron chi connectivity index (χ2n) is 6.43. The lowest BCUT2D eigenvalue weighted by atomic mass is 10.0. The van der Waals surface area contributed by atoms with Gasteiger partial charge >= 0.3 is 0 Å². The Morgan fingerprint density at radius 1 is 1.05 bits per heavy atom. The number of rotatable bonds is 4. The van der Waals surface area contributed by atoms with Crippen LogP contribution in [-0.2, 0) is 14.8 Å². The van der Waals surface area contributed by atoms with Crippen LogP contribution in [0.1, 0.15) is 44.9 Å². The summed E-state index contributed by atoms with van der Waals surface area (Å²) in [6, 6.07) is 0.0545. The van der Waals surface area contributed by atoms with Crippen molar-refractivity contribution in [2.24, 2.45) is 0 Å². The van der Waals surface area contributed by atoms with Crippen molar-refractivity contribution in [2.75, 3.05) is 19.6 Å². The second-order valence-corrected chi connectivity index (χ2v) is 8.64. The normalized spacial score (nSPS) is 27.9. The van der Waals surface area contributed by atoms with Crippen LogP contribution in [0, 0.1) is 0 Å². The summed E-state index contributed by atoms with van der Waals surface area (Å²) >= 11 is 0. The van der Waals surface area contributed by atoms with Crippen molar-refractivity contribution < 1.29 is 13.2 Å². The highest BCUT2D eigenvalue weighted by molar-refractivity contribution is 7.90. The highest BCUT2D eigenvalue weighted by atomic mass is 35.5. The van der Waals surface area contributed by atoms with Crippen LogP contribution in [0.5, 0.6) is 0 Å². The van der Waals surface area contributed by atoms with Crippen LogP contribution in [0.2, 0.25) is 0 Å². The maximum Gasteiger partial charge on any atom is 0.237 e. The van der Waals surface area contributed by atoms with E-state index in [0.717, 1.165) is 51.5 Å². The fourth-order valence-corrected chi connectivity index (χ4v) is 5.08. The van der Waals surface area contributed by atoms with Gasteiger partial charge in [-0.05, 0) is 45.1 Å². The lowest BCUT2D eigenvalue weighted by Crippen LogP contribution is -2.52. The number of amides is 1. The minimum atomic E-state index is -3.05. The molecule has 2 N–H and O–H groups in total. The Morgan fingerprint density at radius 3 is 2.27 bits per heavy atom. The molecule has 1 amide bonds. The third kappa shape index (κ3) is 4.13. The van der Waals surface area contributed by atoms with Gasteiger partial charge in [0.25, 0.3) is 0 Å². The van der Waals surface area contributed by atoms with Crippen molar-refractivity contribution in [2.45, 2.75) is 62.3 Å². The number of hydrogen-bond acceptors (Lipinski definition) is 4. The van der Waals surface area contributed by atoms with Gasteiger partial charge in [0.15, 0.2) is 0 Å². The number of sulfonamides is 1. The highest BCUT2D eigenvalue weighted by Gasteiger charge is 2.41. The minimum Gasteiger partial charge on any atom is -0.352 e. The Labute approximate surface area is 138 Å². The summed E-state index contributed by atoms with van der Waals surface area (Å²) in [5, 5.41) is 6.20. The lowest BCUT2D eigenvalue weighted by Gasteiger charge is -2.33. The first-order valence-electron chi connectivity index (χ1n) is 8.10. The molecule has 2 aliphatic heterocycles. The van der Waals surface area contributed by atoms with Crippen LogP contribution in [0.4, 0.5) is 0 Å². The predicted molar refractivity (Wildman–Crippen MR) is 87.6 cm³/mol. The summed E-state index contributed by atoms with van der Waals surface area (Å²) in [5.41, 5.74) is 0. The van der Waals surface area contributed by atoms with Gasteiger partial charge in [0.1, 0.15) is 0 Å². The first-order valence-corrected chi connectivity index (χ1v) is 9.60. The highest BCUT2D eigenvalue weighted by Crippen LogP contribution is 2.32. The molecule has 1 aliphatic carbocycles. The Bertz CT molecular complexity index is 482. The summed E-state index contributed by atoms with van der Waals surface area (Å²) in [4.78, 5) is 12.2. The number of halogens is 1. The summed E-state index contributed by atoms with van der Waals surface area (Å²) < 4.78 is 25.9. The summed E-state index contributed by atoms with van der Waals surface area (Å²) in [6.07, 6.45) is 6.22. The molecule has 1 unspecified atom stereocenters. The topological polar surface area (TPSA) is 78.5 Å². The van der Waals surface area contributed by atoms with Crippen molar-refractivity contribution in [3.05, 3.63) is 0 Å². The summed E-state index contributed by atoms with van der Waals surface area (Å²) in [7, 11) is -3.05. The van der Waals surface area contributed by atoms with Crippen molar-refractivity contribution in [1.29, 1.82) is 0 Å². The minimum absolute atomic E-state index is 0. The van der Waals surface area contributed by atoms with E-state index < -0.39 is 10.0 Å². The first kappa shape index (κ1) is 18.0. The van der Waals surface area contributed by atoms with Crippen LogP contribution in [0.15, 0.2) is 0 Å². The van der Waals surface area contributed by atoms with Crippen LogP contribution >= 0.6 is 12.4 Å². The van der Waals surface area contributed by atoms with E-state index in [0.29, 0.717) is 13.1 Å². The number of carbonyl (C=O) groups is 1. The Kier molecular flexibility index (Phi) is 6.10. The first-order chi connectivity index (χ1) is 10.1. The number of carbonyl (C=O) groups excluding carboxylic acids is 1. The lowest BCUT2D eigenvalue weighted by molar-refractivity contribution is -0.124. The predicted octanol–water partition coefficient (Wildman–Crippen LogP) is 0.623. The molecule has 0 aromatic heterocycles. The molecule has 0 bridgehead atoms. The molecule has 128 valence electrons. The SMILES string of the molecule is Cl.O=C(NC1CCN(S(=O)(=O)C2CC2)CC1)C1CCCCN1. The Hall–Kier alpha value is -0.370. The van der Waals surface area contributed by atoms with E-state index in [1.807, 2.05) is 0 Å². The van der Waals surface area contributed by atoms with Gasteiger partial charge in [-0.1, -0.05) is 6.42 Å². The molecule has 0 aromatic carbocycles. The molecule has 0 aromatic rings. The maximum atomic E-state index is 12.2. The quantitative estimate of drug-likeness (QED) is 0.778. The van der Waals surface area contributed by atoms with Gasteiger partial charge in [-0.2, -0.15) is 0 Å². The van der Waals surface area contributed by atoms with E-state index in [9.17, 15) is 13.2 Å². The van der Waals surface area contributed by atoms with Gasteiger partial charge < -0.3 is 10.6 Å². The van der Waals surface area contributed by atoms with E-state index in [1.165, 1.54) is 0 Å². The zero-order valence-electron chi connectivity index (χ0n) is 12.8. The zero-order valence-corrected chi connectivity index (χ0v) is 14.4. The molecule has 6 nitrogen and oxygen atoms in total. The number of nitrogens with zero attached hydrogens (tertiary/aromatic N) is 1. The largest absolute Gasteiger partial charge is 0.352 e. The Morgan fingerprint density at radius 2 is 1.73 bits per heavy atom. The van der Waals surface area contributed by atoms with Crippen molar-refractivity contribution in [3.8, 4) is 0 Å². The fourth-order valence-electron chi connectivity index (χ4n) is 3.21. The number of hydrogen-bond donors (Lipinski definition) is 2. The molecular weight excluding hydrogens is 326 g/mol. The van der Waals surface area contributed by atoms with Gasteiger partial charge in [0.2, 0.25) is 15.9 Å². The number of nitrogens with one attached hydrogen (secondary N) is 2. The summed E-state index contributed by atoms with van der Waals surface area (Å²) in [5.74, 6) is 0.0817. The third-order valence-corrected chi connectivity index (χ3v) is 7.13. The molecule has 2 saturated heterocycles. The molecule has 8 heteroatoms. The Balaban J connectivity index is 0.00000176. The molecular formula is C14H26ClN3O3S. The van der Waals surface area contributed by atoms with Crippen LogP contribution in [-0.4, -0.2) is 55.6 Å². The van der Waals surface area contributed by atoms with Gasteiger partial charge in [-0.15, -0.1) is 12.4 Å². The maximum absolute atomic E-state index is 12.2. The van der Waals surface area contributed by atoms with Crippen molar-refractivity contribution in [3.63, 3.8) is 0 Å². The van der Waals surface area contributed by atoms with Crippen LogP contribution in [0.25, 0.3) is 0 Å². The third-order valence-electron chi connectivity index (χ3n) is 4.73. The molecule has 3 aliphatic rings. The molecule has 3 fully saturated rings. The van der Waals surface area contributed by atoms with E-state index in [-0.39, 0.29) is 35.6 Å². The van der Waals surface area contributed by atoms with Crippen molar-refractivity contribution >= 4 is 28.3 Å². The number of piperidine rings is 2. The molecule has 0 spiro atoms. The van der Waals surface area contributed by atoms with E-state index in [1.54, 1.807) is 4.31 Å². The molecule has 22 heavy (non-hydrogen) atoms. The monoisotopic (exact) mass is 351 g/mol. The molecule has 1 saturated carbocycles.